The van der Waals surface area contributed by atoms with Crippen molar-refractivity contribution in [2.45, 2.75) is 24.8 Å². The SMILES string of the molecule is CC1CCCN(c2nc3ncnc(SCC(=O)Nc4cc(F)ccc4F)c3s2)C1. The normalized spacial score (nSPS) is 16.9. The van der Waals surface area contributed by atoms with Gasteiger partial charge in [0.15, 0.2) is 10.8 Å². The van der Waals surface area contributed by atoms with Crippen LogP contribution in [0.3, 0.4) is 0 Å². The van der Waals surface area contributed by atoms with Crippen LogP contribution in [0.1, 0.15) is 19.8 Å². The van der Waals surface area contributed by atoms with Gasteiger partial charge in [-0.25, -0.2) is 18.7 Å². The maximum Gasteiger partial charge on any atom is 0.234 e. The van der Waals surface area contributed by atoms with Crippen LogP contribution in [-0.4, -0.2) is 39.7 Å². The number of benzene rings is 1. The Hall–Kier alpha value is -2.33. The van der Waals surface area contributed by atoms with Crippen molar-refractivity contribution in [3.05, 3.63) is 36.2 Å². The lowest BCUT2D eigenvalue weighted by Crippen LogP contribution is -2.34. The van der Waals surface area contributed by atoms with Gasteiger partial charge in [0.05, 0.1) is 11.4 Å². The highest BCUT2D eigenvalue weighted by molar-refractivity contribution is 8.00. The number of amides is 1. The topological polar surface area (TPSA) is 71.0 Å². The van der Waals surface area contributed by atoms with E-state index in [-0.39, 0.29) is 11.4 Å². The van der Waals surface area contributed by atoms with Crippen molar-refractivity contribution in [2.75, 3.05) is 29.1 Å². The fourth-order valence-corrected chi connectivity index (χ4v) is 5.16. The molecule has 0 saturated carbocycles. The van der Waals surface area contributed by atoms with Crippen molar-refractivity contribution >= 4 is 50.2 Å². The second-order valence-electron chi connectivity index (χ2n) is 6.98. The first kappa shape index (κ1) is 20.0. The molecular formula is C19H19F2N5OS2. The van der Waals surface area contributed by atoms with Gasteiger partial charge in [-0.1, -0.05) is 30.0 Å². The van der Waals surface area contributed by atoms with E-state index in [2.05, 4.69) is 32.1 Å². The summed E-state index contributed by atoms with van der Waals surface area (Å²) in [5, 5.41) is 3.96. The molecule has 2 aromatic heterocycles. The van der Waals surface area contributed by atoms with Gasteiger partial charge in [0.1, 0.15) is 27.7 Å². The highest BCUT2D eigenvalue weighted by Crippen LogP contribution is 2.35. The van der Waals surface area contributed by atoms with Crippen molar-refractivity contribution < 1.29 is 13.6 Å². The second-order valence-corrected chi connectivity index (χ2v) is 8.92. The third-order valence-electron chi connectivity index (χ3n) is 4.62. The summed E-state index contributed by atoms with van der Waals surface area (Å²) >= 11 is 2.74. The summed E-state index contributed by atoms with van der Waals surface area (Å²) in [5.41, 5.74) is 0.431. The van der Waals surface area contributed by atoms with Gasteiger partial charge >= 0.3 is 0 Å². The Morgan fingerprint density at radius 3 is 3.07 bits per heavy atom. The Kier molecular flexibility index (Phi) is 5.91. The molecule has 0 bridgehead atoms. The monoisotopic (exact) mass is 435 g/mol. The fourth-order valence-electron chi connectivity index (χ4n) is 3.24. The number of piperidine rings is 1. The standard InChI is InChI=1S/C19H19F2N5OS2/c1-11-3-2-6-26(8-11)19-25-17-16(29-19)18(23-10-22-17)28-9-15(27)24-14-7-12(20)4-5-13(14)21/h4-5,7,10-11H,2-3,6,8-9H2,1H3,(H,24,27). The highest BCUT2D eigenvalue weighted by atomic mass is 32.2. The summed E-state index contributed by atoms with van der Waals surface area (Å²) in [6, 6.07) is 2.93. The van der Waals surface area contributed by atoms with Gasteiger partial charge in [-0.05, 0) is 30.9 Å². The van der Waals surface area contributed by atoms with Crippen LogP contribution >= 0.6 is 23.1 Å². The Bertz CT molecular complexity index is 1040. The molecule has 1 amide bonds. The molecule has 6 nitrogen and oxygen atoms in total. The number of halogens is 2. The van der Waals surface area contributed by atoms with Crippen molar-refractivity contribution in [2.24, 2.45) is 5.92 Å². The minimum atomic E-state index is -0.683. The summed E-state index contributed by atoms with van der Waals surface area (Å²) in [6.07, 6.45) is 3.79. The lowest BCUT2D eigenvalue weighted by Gasteiger charge is -2.30. The predicted molar refractivity (Wildman–Crippen MR) is 112 cm³/mol. The molecule has 10 heteroatoms. The lowest BCUT2D eigenvalue weighted by molar-refractivity contribution is -0.113. The fraction of sp³-hybridized carbons (Fsp3) is 0.368. The first-order valence-corrected chi connectivity index (χ1v) is 11.0. The molecule has 29 heavy (non-hydrogen) atoms. The lowest BCUT2D eigenvalue weighted by atomic mass is 10.0. The Balaban J connectivity index is 1.46. The molecule has 0 aliphatic carbocycles. The number of anilines is 2. The molecule has 3 aromatic rings. The third-order valence-corrected chi connectivity index (χ3v) is 6.85. The van der Waals surface area contributed by atoms with Crippen LogP contribution < -0.4 is 10.2 Å². The summed E-state index contributed by atoms with van der Waals surface area (Å²) in [7, 11) is 0. The van der Waals surface area contributed by atoms with Gasteiger partial charge in [-0.2, -0.15) is 4.98 Å². The number of fused-ring (bicyclic) bond motifs is 1. The van der Waals surface area contributed by atoms with Crippen molar-refractivity contribution in [1.29, 1.82) is 0 Å². The zero-order chi connectivity index (χ0) is 20.4. The number of rotatable bonds is 5. The van der Waals surface area contributed by atoms with Crippen molar-refractivity contribution in [3.63, 3.8) is 0 Å². The summed E-state index contributed by atoms with van der Waals surface area (Å²) in [4.78, 5) is 27.6. The Morgan fingerprint density at radius 2 is 2.24 bits per heavy atom. The van der Waals surface area contributed by atoms with Crippen LogP contribution in [0.4, 0.5) is 19.6 Å². The maximum atomic E-state index is 13.7. The number of hydrogen-bond donors (Lipinski definition) is 1. The Labute approximate surface area is 174 Å². The van der Waals surface area contributed by atoms with E-state index in [4.69, 9.17) is 0 Å². The van der Waals surface area contributed by atoms with Crippen molar-refractivity contribution in [1.82, 2.24) is 15.0 Å². The van der Waals surface area contributed by atoms with Gasteiger partial charge in [-0.15, -0.1) is 0 Å². The zero-order valence-electron chi connectivity index (χ0n) is 15.7. The van der Waals surface area contributed by atoms with E-state index >= 15 is 0 Å². The van der Waals surface area contributed by atoms with Gasteiger partial charge in [0, 0.05) is 19.2 Å². The number of aromatic nitrogens is 3. The number of thioether (sulfide) groups is 1. The number of nitrogens with one attached hydrogen (secondary N) is 1. The van der Waals surface area contributed by atoms with Crippen LogP contribution in [0.15, 0.2) is 29.6 Å². The molecule has 1 N–H and O–H groups in total. The van der Waals surface area contributed by atoms with E-state index in [1.54, 1.807) is 0 Å². The molecule has 0 radical (unpaired) electrons. The summed E-state index contributed by atoms with van der Waals surface area (Å²) in [6.45, 7) is 4.18. The van der Waals surface area contributed by atoms with Gasteiger partial charge < -0.3 is 10.2 Å². The van der Waals surface area contributed by atoms with E-state index in [1.807, 2.05) is 0 Å². The smallest absolute Gasteiger partial charge is 0.234 e. The number of thiazole rings is 1. The van der Waals surface area contributed by atoms with Crippen LogP contribution in [-0.2, 0) is 4.79 Å². The predicted octanol–water partition coefficient (Wildman–Crippen LogP) is 4.33. The minimum absolute atomic E-state index is 0.00997. The molecule has 4 rings (SSSR count). The number of carbonyl (C=O) groups is 1. The Morgan fingerprint density at radius 1 is 1.38 bits per heavy atom. The van der Waals surface area contributed by atoms with E-state index in [1.165, 1.54) is 35.8 Å². The molecule has 1 aliphatic heterocycles. The molecular weight excluding hydrogens is 416 g/mol. The largest absolute Gasteiger partial charge is 0.348 e. The highest BCUT2D eigenvalue weighted by Gasteiger charge is 2.21. The van der Waals surface area contributed by atoms with Gasteiger partial charge in [-0.3, -0.25) is 4.79 Å². The molecule has 1 saturated heterocycles. The van der Waals surface area contributed by atoms with E-state index < -0.39 is 17.5 Å². The number of nitrogens with zero attached hydrogens (tertiary/aromatic N) is 4. The molecule has 1 aliphatic rings. The van der Waals surface area contributed by atoms with E-state index in [0.717, 1.165) is 47.5 Å². The molecule has 3 heterocycles. The molecule has 1 fully saturated rings. The van der Waals surface area contributed by atoms with Crippen LogP contribution in [0, 0.1) is 17.6 Å². The molecule has 1 aromatic carbocycles. The molecule has 1 unspecified atom stereocenters. The first-order chi connectivity index (χ1) is 14.0. The van der Waals surface area contributed by atoms with Crippen LogP contribution in [0.5, 0.6) is 0 Å². The average molecular weight is 436 g/mol. The molecule has 0 spiro atoms. The van der Waals surface area contributed by atoms with Gasteiger partial charge in [0.2, 0.25) is 5.91 Å². The second kappa shape index (κ2) is 8.58. The molecule has 1 atom stereocenters. The quantitative estimate of drug-likeness (QED) is 0.475. The summed E-state index contributed by atoms with van der Waals surface area (Å²) in [5.74, 6) is -1.10. The number of hydrogen-bond acceptors (Lipinski definition) is 7. The van der Waals surface area contributed by atoms with E-state index in [0.29, 0.717) is 16.6 Å². The first-order valence-electron chi connectivity index (χ1n) is 9.24. The third kappa shape index (κ3) is 4.64. The van der Waals surface area contributed by atoms with Gasteiger partial charge in [0.25, 0.3) is 0 Å². The van der Waals surface area contributed by atoms with Crippen LogP contribution in [0.25, 0.3) is 10.3 Å². The summed E-state index contributed by atoms with van der Waals surface area (Å²) < 4.78 is 27.8. The number of carbonyl (C=O) groups excluding carboxylic acids is 1. The molecule has 152 valence electrons. The zero-order valence-corrected chi connectivity index (χ0v) is 17.3. The average Bonchev–Trinajstić information content (AvgIpc) is 3.14. The van der Waals surface area contributed by atoms with Crippen molar-refractivity contribution in [3.8, 4) is 0 Å². The maximum absolute atomic E-state index is 13.7. The van der Waals surface area contributed by atoms with E-state index in [9.17, 15) is 13.6 Å². The van der Waals surface area contributed by atoms with Crippen LogP contribution in [0.2, 0.25) is 0 Å². The minimum Gasteiger partial charge on any atom is -0.348 e.